The SMILES string of the molecule is O=P(O)(O)[C@@](CO)(CCOCc1nn[nH]n1)OC[C@H]1O[C@@H](n2ncc3c(NC4CCCC4)nc(Cl)nc32)[C@H](O)[C@@H]1O. The average Bonchev–Trinajstić information content (AvgIpc) is 3.74. The number of anilines is 1. The molecular formula is C21H31ClN9O9P. The van der Waals surface area contributed by atoms with E-state index < -0.39 is 57.1 Å². The van der Waals surface area contributed by atoms with Crippen molar-refractivity contribution in [1.29, 1.82) is 0 Å². The number of H-pyrrole nitrogens is 1. The topological polar surface area (TPSA) is 256 Å². The van der Waals surface area contributed by atoms with Crippen molar-refractivity contribution in [2.24, 2.45) is 0 Å². The van der Waals surface area contributed by atoms with Crippen molar-refractivity contribution < 1.29 is 43.9 Å². The van der Waals surface area contributed by atoms with E-state index in [1.54, 1.807) is 0 Å². The Morgan fingerprint density at radius 1 is 1.24 bits per heavy atom. The van der Waals surface area contributed by atoms with E-state index >= 15 is 0 Å². The van der Waals surface area contributed by atoms with Crippen LogP contribution in [-0.2, 0) is 25.4 Å². The lowest BCUT2D eigenvalue weighted by Crippen LogP contribution is -2.42. The Labute approximate surface area is 237 Å². The van der Waals surface area contributed by atoms with Crippen LogP contribution in [0.2, 0.25) is 5.28 Å². The van der Waals surface area contributed by atoms with E-state index in [2.05, 4.69) is 41.0 Å². The summed E-state index contributed by atoms with van der Waals surface area (Å²) in [6.45, 7) is -1.99. The minimum absolute atomic E-state index is 0.0522. The molecule has 1 aliphatic carbocycles. The first-order valence-electron chi connectivity index (χ1n) is 12.9. The van der Waals surface area contributed by atoms with Gasteiger partial charge >= 0.3 is 7.60 Å². The Bertz CT molecular complexity index is 1360. The van der Waals surface area contributed by atoms with Crippen LogP contribution in [0.1, 0.15) is 44.2 Å². The van der Waals surface area contributed by atoms with E-state index in [4.69, 9.17) is 25.8 Å². The van der Waals surface area contributed by atoms with Gasteiger partial charge in [0.05, 0.1) is 31.4 Å². The molecule has 7 N–H and O–H groups in total. The highest BCUT2D eigenvalue weighted by Crippen LogP contribution is 2.53. The number of nitrogens with zero attached hydrogens (tertiary/aromatic N) is 7. The van der Waals surface area contributed by atoms with Crippen molar-refractivity contribution in [3.05, 3.63) is 17.3 Å². The summed E-state index contributed by atoms with van der Waals surface area (Å²) in [7, 11) is -5.08. The summed E-state index contributed by atoms with van der Waals surface area (Å²) in [6, 6.07) is 0.231. The number of nitrogens with one attached hydrogen (secondary N) is 2. The third-order valence-corrected chi connectivity index (χ3v) is 8.98. The lowest BCUT2D eigenvalue weighted by atomic mass is 10.1. The molecule has 0 unspecified atom stereocenters. The number of aromatic amines is 1. The van der Waals surface area contributed by atoms with Crippen molar-refractivity contribution in [3.8, 4) is 0 Å². The third kappa shape index (κ3) is 6.36. The van der Waals surface area contributed by atoms with Gasteiger partial charge in [0.2, 0.25) is 5.28 Å². The fourth-order valence-corrected chi connectivity index (χ4v) is 5.90. The Morgan fingerprint density at radius 2 is 2.02 bits per heavy atom. The molecule has 0 radical (unpaired) electrons. The number of hydrogen-bond donors (Lipinski definition) is 7. The second kappa shape index (κ2) is 12.5. The van der Waals surface area contributed by atoms with Crippen LogP contribution in [0, 0.1) is 0 Å². The zero-order valence-corrected chi connectivity index (χ0v) is 23.3. The normalized spacial score (nSPS) is 25.2. The summed E-state index contributed by atoms with van der Waals surface area (Å²) in [5.74, 6) is 0.709. The second-order valence-electron chi connectivity index (χ2n) is 9.93. The summed E-state index contributed by atoms with van der Waals surface area (Å²) in [6.07, 6.45) is -0.262. The van der Waals surface area contributed by atoms with Crippen molar-refractivity contribution in [2.45, 2.75) is 74.6 Å². The maximum atomic E-state index is 12.4. The maximum absolute atomic E-state index is 12.4. The van der Waals surface area contributed by atoms with Crippen LogP contribution in [0.5, 0.6) is 0 Å². The van der Waals surface area contributed by atoms with E-state index in [1.807, 2.05) is 0 Å². The molecule has 5 rings (SSSR count). The van der Waals surface area contributed by atoms with E-state index in [-0.39, 0.29) is 36.0 Å². The minimum atomic E-state index is -5.08. The number of aliphatic hydroxyl groups is 3. The van der Waals surface area contributed by atoms with Gasteiger partial charge < -0.3 is 44.6 Å². The predicted molar refractivity (Wildman–Crippen MR) is 138 cm³/mol. The molecule has 1 aliphatic heterocycles. The summed E-state index contributed by atoms with van der Waals surface area (Å²) < 4.78 is 30.3. The zero-order valence-electron chi connectivity index (χ0n) is 21.7. The highest BCUT2D eigenvalue weighted by Gasteiger charge is 2.51. The molecule has 0 bridgehead atoms. The lowest BCUT2D eigenvalue weighted by Gasteiger charge is -2.33. The Hall–Kier alpha value is -2.38. The number of tetrazole rings is 1. The van der Waals surface area contributed by atoms with Gasteiger partial charge in [-0.3, -0.25) is 4.57 Å². The molecule has 18 nitrogen and oxygen atoms in total. The van der Waals surface area contributed by atoms with Gasteiger partial charge in [-0.05, 0) is 24.4 Å². The quantitative estimate of drug-likeness (QED) is 0.0719. The van der Waals surface area contributed by atoms with Gasteiger partial charge in [-0.2, -0.15) is 20.3 Å². The van der Waals surface area contributed by atoms with Gasteiger partial charge in [0.15, 0.2) is 23.0 Å². The summed E-state index contributed by atoms with van der Waals surface area (Å²) in [4.78, 5) is 28.5. The monoisotopic (exact) mass is 619 g/mol. The lowest BCUT2D eigenvalue weighted by molar-refractivity contribution is -0.116. The molecule has 2 aliphatic rings. The fourth-order valence-electron chi connectivity index (χ4n) is 4.92. The van der Waals surface area contributed by atoms with Crippen molar-refractivity contribution in [3.63, 3.8) is 0 Å². The molecule has 2 fully saturated rings. The molecule has 20 heteroatoms. The van der Waals surface area contributed by atoms with Gasteiger partial charge in [-0.15, -0.1) is 10.2 Å². The smallest absolute Gasteiger partial charge is 0.359 e. The molecule has 4 heterocycles. The van der Waals surface area contributed by atoms with E-state index in [0.29, 0.717) is 11.2 Å². The van der Waals surface area contributed by atoms with Crippen LogP contribution in [-0.4, -0.2) is 115 Å². The maximum Gasteiger partial charge on any atom is 0.359 e. The molecule has 5 atom stereocenters. The first kappa shape index (κ1) is 30.1. The highest BCUT2D eigenvalue weighted by atomic mass is 35.5. The standard InChI is InChI=1S/C21H31ClN9O9P/c22-20-25-17(24-11-3-1-2-4-11)12-7-23-31(18(12)26-20)19-16(34)15(33)13(40-19)8-39-21(10-32,41(35,36)37)5-6-38-9-14-27-29-30-28-14/h7,11,13,15-16,19,32-34H,1-6,8-10H2,(H,24,25,26)(H2,35,36,37)(H,27,28,29,30)/t13-,15-,16-,19-,21-/m1/s1. The minimum Gasteiger partial charge on any atom is -0.393 e. The summed E-state index contributed by atoms with van der Waals surface area (Å²) in [5.41, 5.74) is 0.252. The number of halogens is 1. The molecule has 1 saturated heterocycles. The number of aromatic nitrogens is 8. The van der Waals surface area contributed by atoms with Gasteiger partial charge in [-0.25, -0.2) is 4.68 Å². The second-order valence-corrected chi connectivity index (χ2v) is 12.2. The van der Waals surface area contributed by atoms with Gasteiger partial charge in [0.25, 0.3) is 0 Å². The number of fused-ring (bicyclic) bond motifs is 1. The first-order chi connectivity index (χ1) is 19.6. The molecule has 0 aromatic carbocycles. The van der Waals surface area contributed by atoms with E-state index in [9.17, 15) is 29.7 Å². The number of hydrogen-bond acceptors (Lipinski definition) is 14. The highest BCUT2D eigenvalue weighted by molar-refractivity contribution is 7.53. The molecule has 3 aromatic rings. The molecule has 1 saturated carbocycles. The van der Waals surface area contributed by atoms with Gasteiger partial charge in [0, 0.05) is 12.5 Å². The van der Waals surface area contributed by atoms with Gasteiger partial charge in [-0.1, -0.05) is 18.1 Å². The Kier molecular flexibility index (Phi) is 9.15. The molecule has 0 spiro atoms. The van der Waals surface area contributed by atoms with Crippen LogP contribution >= 0.6 is 19.2 Å². The van der Waals surface area contributed by atoms with Crippen molar-refractivity contribution in [2.75, 3.05) is 25.1 Å². The molecular weight excluding hydrogens is 589 g/mol. The third-order valence-electron chi connectivity index (χ3n) is 7.25. The van der Waals surface area contributed by atoms with Crippen LogP contribution in [0.15, 0.2) is 6.20 Å². The molecule has 41 heavy (non-hydrogen) atoms. The van der Waals surface area contributed by atoms with Crippen LogP contribution in [0.25, 0.3) is 11.0 Å². The average molecular weight is 620 g/mol. The molecule has 0 amide bonds. The van der Waals surface area contributed by atoms with Gasteiger partial charge in [0.1, 0.15) is 30.7 Å². The summed E-state index contributed by atoms with van der Waals surface area (Å²) in [5, 5.41) is 50.3. The fraction of sp³-hybridized carbons (Fsp3) is 0.714. The first-order valence-corrected chi connectivity index (χ1v) is 14.9. The van der Waals surface area contributed by atoms with Crippen LogP contribution in [0.4, 0.5) is 5.82 Å². The Morgan fingerprint density at radius 3 is 2.71 bits per heavy atom. The number of rotatable bonds is 13. The van der Waals surface area contributed by atoms with Crippen molar-refractivity contribution in [1.82, 2.24) is 40.4 Å². The summed E-state index contributed by atoms with van der Waals surface area (Å²) >= 11 is 6.18. The van der Waals surface area contributed by atoms with Crippen LogP contribution in [0.3, 0.4) is 0 Å². The molecule has 226 valence electrons. The van der Waals surface area contributed by atoms with E-state index in [0.717, 1.165) is 25.7 Å². The van der Waals surface area contributed by atoms with Crippen molar-refractivity contribution >= 4 is 36.0 Å². The Balaban J connectivity index is 1.28. The van der Waals surface area contributed by atoms with E-state index in [1.165, 1.54) is 10.9 Å². The van der Waals surface area contributed by atoms with Crippen LogP contribution < -0.4 is 5.32 Å². The predicted octanol–water partition coefficient (Wildman–Crippen LogP) is -0.544. The number of ether oxygens (including phenoxy) is 3. The molecule has 3 aromatic heterocycles. The number of aliphatic hydroxyl groups excluding tert-OH is 3. The largest absolute Gasteiger partial charge is 0.393 e. The zero-order chi connectivity index (χ0) is 29.2.